The van der Waals surface area contributed by atoms with Gasteiger partial charge in [0.1, 0.15) is 0 Å². The van der Waals surface area contributed by atoms with Crippen molar-refractivity contribution in [1.82, 2.24) is 20.0 Å². The molecule has 0 spiro atoms. The van der Waals surface area contributed by atoms with Gasteiger partial charge in [-0.05, 0) is 43.7 Å². The number of benzene rings is 2. The Balaban J connectivity index is 1.63. The van der Waals surface area contributed by atoms with Gasteiger partial charge in [0.05, 0.1) is 16.4 Å². The Hall–Kier alpha value is -1.76. The van der Waals surface area contributed by atoms with Gasteiger partial charge in [-0.25, -0.2) is 4.68 Å². The highest BCUT2D eigenvalue weighted by molar-refractivity contribution is 6.35. The number of hydrogen-bond donors (Lipinski definition) is 0. The lowest BCUT2D eigenvalue weighted by Gasteiger charge is -2.11. The van der Waals surface area contributed by atoms with E-state index in [1.54, 1.807) is 16.8 Å². The Morgan fingerprint density at radius 2 is 1.70 bits per heavy atom. The molecule has 2 aromatic heterocycles. The van der Waals surface area contributed by atoms with Crippen LogP contribution in [0.15, 0.2) is 46.9 Å². The molecule has 2 heterocycles. The van der Waals surface area contributed by atoms with Crippen LogP contribution in [0.1, 0.15) is 23.8 Å². The van der Waals surface area contributed by atoms with Crippen LogP contribution in [-0.2, 0) is 0 Å². The van der Waals surface area contributed by atoms with Crippen molar-refractivity contribution in [1.29, 1.82) is 0 Å². The Labute approximate surface area is 215 Å². The molecule has 1 fully saturated rings. The molecule has 170 valence electrons. The fraction of sp³-hybridized carbons (Fsp3) is 0.261. The van der Waals surface area contributed by atoms with E-state index in [-0.39, 0.29) is 11.3 Å². The van der Waals surface area contributed by atoms with Crippen molar-refractivity contribution in [2.24, 2.45) is 5.41 Å². The first-order valence-corrected chi connectivity index (χ1v) is 12.3. The molecule has 0 amide bonds. The number of nitrogens with zero attached hydrogens (tertiary/aromatic N) is 4. The second-order valence-electron chi connectivity index (χ2n) is 8.17. The zero-order valence-electron chi connectivity index (χ0n) is 17.3. The smallest absolute Gasteiger partial charge is 0.268 e. The van der Waals surface area contributed by atoms with Crippen LogP contribution >= 0.6 is 58.0 Å². The average molecular weight is 543 g/mol. The summed E-state index contributed by atoms with van der Waals surface area (Å²) in [4.78, 5) is 0. The molecule has 5 nitrogen and oxygen atoms in total. The van der Waals surface area contributed by atoms with E-state index in [1.807, 2.05) is 37.3 Å². The maximum Gasteiger partial charge on any atom is 0.268 e. The van der Waals surface area contributed by atoms with E-state index in [0.717, 1.165) is 23.2 Å². The molecule has 1 unspecified atom stereocenters. The number of halogens is 5. The topological polar surface area (TPSA) is 56.7 Å². The standard InChI is InChI=1S/C23H17Cl5N4O/c1-12-19(22-30-29-21(33-22)16-9-23(16,10-24)11-25)31-32(18-7-6-15(27)8-17(18)28)20(12)13-2-4-14(26)5-3-13/h2-8,16H,9-11H2,1H3. The third-order valence-electron chi connectivity index (χ3n) is 6.04. The molecule has 2 aromatic carbocycles. The van der Waals surface area contributed by atoms with Gasteiger partial charge in [0.25, 0.3) is 5.89 Å². The van der Waals surface area contributed by atoms with E-state index in [9.17, 15) is 0 Å². The number of rotatable bonds is 6. The maximum absolute atomic E-state index is 6.53. The molecule has 0 radical (unpaired) electrons. The number of aromatic nitrogens is 4. The Morgan fingerprint density at radius 1 is 1.00 bits per heavy atom. The zero-order valence-corrected chi connectivity index (χ0v) is 21.1. The van der Waals surface area contributed by atoms with Crippen molar-refractivity contribution in [3.05, 3.63) is 69.0 Å². The second-order valence-corrected chi connectivity index (χ2v) is 9.98. The summed E-state index contributed by atoms with van der Waals surface area (Å²) in [5.41, 5.74) is 3.64. The number of alkyl halides is 2. The van der Waals surface area contributed by atoms with Crippen LogP contribution in [0.5, 0.6) is 0 Å². The Kier molecular flexibility index (Phi) is 6.13. The molecule has 4 aromatic rings. The minimum Gasteiger partial charge on any atom is -0.419 e. The van der Waals surface area contributed by atoms with Gasteiger partial charge >= 0.3 is 0 Å². The predicted molar refractivity (Wildman–Crippen MR) is 133 cm³/mol. The Morgan fingerprint density at radius 3 is 2.33 bits per heavy atom. The average Bonchev–Trinajstić information content (AvgIpc) is 3.16. The Bertz CT molecular complexity index is 1330. The van der Waals surface area contributed by atoms with Gasteiger partial charge in [0.2, 0.25) is 5.89 Å². The van der Waals surface area contributed by atoms with Gasteiger partial charge in [0.15, 0.2) is 5.69 Å². The molecule has 1 aliphatic rings. The van der Waals surface area contributed by atoms with Crippen molar-refractivity contribution >= 4 is 58.0 Å². The fourth-order valence-electron chi connectivity index (χ4n) is 3.97. The third-order valence-corrected chi connectivity index (χ3v) is 7.90. The first kappa shape index (κ1) is 23.0. The van der Waals surface area contributed by atoms with Crippen molar-refractivity contribution in [2.45, 2.75) is 19.3 Å². The van der Waals surface area contributed by atoms with Crippen molar-refractivity contribution in [3.8, 4) is 28.5 Å². The van der Waals surface area contributed by atoms with Crippen molar-refractivity contribution in [3.63, 3.8) is 0 Å². The van der Waals surface area contributed by atoms with Gasteiger partial charge in [0, 0.05) is 44.3 Å². The van der Waals surface area contributed by atoms with Crippen LogP contribution in [0.2, 0.25) is 15.1 Å². The van der Waals surface area contributed by atoms with E-state index in [1.165, 1.54) is 0 Å². The number of hydrogen-bond acceptors (Lipinski definition) is 4. The lowest BCUT2D eigenvalue weighted by Crippen LogP contribution is -2.07. The molecule has 0 bridgehead atoms. The highest BCUT2D eigenvalue weighted by atomic mass is 35.5. The summed E-state index contributed by atoms with van der Waals surface area (Å²) in [7, 11) is 0. The summed E-state index contributed by atoms with van der Waals surface area (Å²) in [6.07, 6.45) is 0.825. The van der Waals surface area contributed by atoms with Crippen LogP contribution < -0.4 is 0 Å². The highest BCUT2D eigenvalue weighted by Crippen LogP contribution is 2.60. The summed E-state index contributed by atoms with van der Waals surface area (Å²) in [6.45, 7) is 1.95. The van der Waals surface area contributed by atoms with Crippen molar-refractivity contribution in [2.75, 3.05) is 11.8 Å². The molecule has 0 saturated heterocycles. The van der Waals surface area contributed by atoms with Crippen LogP contribution in [0.3, 0.4) is 0 Å². The SMILES string of the molecule is Cc1c(-c2nnc(C3CC3(CCl)CCl)o2)nn(-c2ccc(Cl)cc2Cl)c1-c1ccc(Cl)cc1. The first-order valence-electron chi connectivity index (χ1n) is 10.1. The van der Waals surface area contributed by atoms with Crippen LogP contribution in [0.25, 0.3) is 28.5 Å². The summed E-state index contributed by atoms with van der Waals surface area (Å²) < 4.78 is 7.81. The van der Waals surface area contributed by atoms with Crippen LogP contribution in [0, 0.1) is 12.3 Å². The predicted octanol–water partition coefficient (Wildman–Crippen LogP) is 7.81. The third kappa shape index (κ3) is 4.04. The lowest BCUT2D eigenvalue weighted by molar-refractivity contribution is 0.478. The quantitative estimate of drug-likeness (QED) is 0.233. The van der Waals surface area contributed by atoms with Crippen molar-refractivity contribution < 1.29 is 4.42 Å². The van der Waals surface area contributed by atoms with E-state index in [2.05, 4.69) is 10.2 Å². The van der Waals surface area contributed by atoms with Gasteiger partial charge < -0.3 is 4.42 Å². The summed E-state index contributed by atoms with van der Waals surface area (Å²) in [6, 6.07) is 12.8. The second kappa shape index (κ2) is 8.79. The van der Waals surface area contributed by atoms with Gasteiger partial charge in [-0.15, -0.1) is 33.4 Å². The molecule has 5 rings (SSSR count). The summed E-state index contributed by atoms with van der Waals surface area (Å²) in [5.74, 6) is 1.80. The normalized spacial score (nSPS) is 16.8. The minimum absolute atomic E-state index is 0.0533. The molecule has 1 saturated carbocycles. The summed E-state index contributed by atoms with van der Waals surface area (Å²) in [5, 5.41) is 15.0. The molecule has 33 heavy (non-hydrogen) atoms. The molecule has 0 aliphatic heterocycles. The van der Waals surface area contributed by atoms with Gasteiger partial charge in [-0.1, -0.05) is 46.9 Å². The van der Waals surface area contributed by atoms with E-state index in [4.69, 9.17) is 67.5 Å². The molecule has 1 aliphatic carbocycles. The molecule has 0 N–H and O–H groups in total. The minimum atomic E-state index is -0.188. The van der Waals surface area contributed by atoms with E-state index in [0.29, 0.717) is 50.0 Å². The summed E-state index contributed by atoms with van der Waals surface area (Å²) >= 11 is 31.0. The molecular weight excluding hydrogens is 526 g/mol. The lowest BCUT2D eigenvalue weighted by atomic mass is 10.1. The van der Waals surface area contributed by atoms with E-state index >= 15 is 0 Å². The highest BCUT2D eigenvalue weighted by Gasteiger charge is 2.56. The van der Waals surface area contributed by atoms with Crippen LogP contribution in [-0.4, -0.2) is 31.7 Å². The molecule has 10 heteroatoms. The largest absolute Gasteiger partial charge is 0.419 e. The van der Waals surface area contributed by atoms with E-state index < -0.39 is 0 Å². The van der Waals surface area contributed by atoms with Gasteiger partial charge in [-0.2, -0.15) is 5.10 Å². The molecular formula is C23H17Cl5N4O. The molecule has 1 atom stereocenters. The first-order chi connectivity index (χ1) is 15.9. The maximum atomic E-state index is 6.53. The fourth-order valence-corrected chi connectivity index (χ4v) is 5.46. The van der Waals surface area contributed by atoms with Gasteiger partial charge in [-0.3, -0.25) is 0 Å². The monoisotopic (exact) mass is 540 g/mol. The zero-order chi connectivity index (χ0) is 23.3. The van der Waals surface area contributed by atoms with Crippen LogP contribution in [0.4, 0.5) is 0 Å².